The third kappa shape index (κ3) is 26.4. The van der Waals surface area contributed by atoms with Crippen molar-refractivity contribution in [3.8, 4) is 0 Å². The average Bonchev–Trinajstić information content (AvgIpc) is 2.86. The van der Waals surface area contributed by atoms with Crippen molar-refractivity contribution < 1.29 is 132 Å². The maximum absolute atomic E-state index is 8.64. The van der Waals surface area contributed by atoms with Crippen LogP contribution >= 0.6 is 67.3 Å². The Morgan fingerprint density at radius 3 is 1.41 bits per heavy atom. The Hall–Kier alpha value is 2.26. The number of hydrogen-bond donors (Lipinski definition) is 1. The minimum atomic E-state index is -0.181. The van der Waals surface area contributed by atoms with Crippen LogP contribution in [0.4, 0.5) is 0 Å². The molecule has 0 N–H and O–H groups in total. The molecule has 0 aliphatic rings. The molecule has 0 saturated carbocycles. The summed E-state index contributed by atoms with van der Waals surface area (Å²) >= 11 is 14.1. The van der Waals surface area contributed by atoms with Crippen LogP contribution in [0.15, 0.2) is 112 Å². The van der Waals surface area contributed by atoms with E-state index < -0.39 is 0 Å². The molecule has 0 saturated heterocycles. The summed E-state index contributed by atoms with van der Waals surface area (Å²) in [7, 11) is 0. The van der Waals surface area contributed by atoms with Crippen molar-refractivity contribution in [3.05, 3.63) is 123 Å². The zero-order valence-electron chi connectivity index (χ0n) is 24.0. The summed E-state index contributed by atoms with van der Waals surface area (Å²) < 4.78 is 1.32. The van der Waals surface area contributed by atoms with Gasteiger partial charge in [0.15, 0.2) is 0 Å². The van der Waals surface area contributed by atoms with Gasteiger partial charge >= 0.3 is 136 Å². The van der Waals surface area contributed by atoms with Gasteiger partial charge in [0.1, 0.15) is 0 Å². The van der Waals surface area contributed by atoms with Crippen LogP contribution in [0.5, 0.6) is 0 Å². The molecule has 3 nitrogen and oxygen atoms in total. The first-order valence-electron chi connectivity index (χ1n) is 10.9. The monoisotopic (exact) mass is 886 g/mol. The van der Waals surface area contributed by atoms with Gasteiger partial charge in [-0.2, -0.15) is 0 Å². The van der Waals surface area contributed by atoms with Crippen molar-refractivity contribution in [1.29, 1.82) is 0 Å². The molecular weight excluding hydrogens is 856 g/mol. The Morgan fingerprint density at radius 2 is 1.10 bits per heavy atom. The molecule has 0 aliphatic carbocycles. The van der Waals surface area contributed by atoms with Gasteiger partial charge in [-0.1, -0.05) is 60.3 Å². The number of rotatable bonds is 3. The molecule has 0 atom stereocenters. The van der Waals surface area contributed by atoms with Gasteiger partial charge < -0.3 is 11.6 Å². The molecule has 0 spiro atoms. The Kier molecular flexibility index (Phi) is 35.5. The van der Waals surface area contributed by atoms with Crippen molar-refractivity contribution in [2.75, 3.05) is 0 Å². The summed E-state index contributed by atoms with van der Waals surface area (Å²) in [5.41, 5.74) is 5.35. The Bertz CT molecular complexity index is 1100. The van der Waals surface area contributed by atoms with Gasteiger partial charge in [0, 0.05) is 18.3 Å². The predicted molar refractivity (Wildman–Crippen MR) is 171 cm³/mol. The fraction of sp³-hybridized carbons (Fsp3) is 0.138. The number of thiol groups is 1. The quantitative estimate of drug-likeness (QED) is 0.0861. The first kappa shape index (κ1) is 45.7. The second kappa shape index (κ2) is 30.3. The van der Waals surface area contributed by atoms with Crippen LogP contribution in [-0.4, -0.2) is 6.47 Å². The minimum Gasteiger partial charge on any atom is -1.00 e. The van der Waals surface area contributed by atoms with E-state index in [-0.39, 0.29) is 111 Å². The molecule has 0 bridgehead atoms. The van der Waals surface area contributed by atoms with Crippen LogP contribution in [0.3, 0.4) is 0 Å². The zero-order valence-corrected chi connectivity index (χ0v) is 36.2. The number of carbonyl (C=O) groups excluding carboxylic acids is 1. The molecule has 4 aromatic carbocycles. The predicted octanol–water partition coefficient (Wildman–Crippen LogP) is 2.78. The standard InChI is InChI=1S/C14H14S.C8H9I.C6H6S.CH2O3.Cu.HI.2K.H/c1-11-8-12(2)10-14(9-11)15-13-6-4-3-5-7-13;1-6-3-7(2)5-8(9)4-6;7-6-4-2-1-3-5-6;2-1-4-3;;;;;/h3-10H,1-2H3;3-5H,1-2H3;1-5,7H;1,3H;;1H;;;/q;;;;+1;;2*+1;-1/p-2. The minimum absolute atomic E-state index is 0. The summed E-state index contributed by atoms with van der Waals surface area (Å²) in [5, 5.41) is 8.43. The Balaban J connectivity index is -0.000000225. The van der Waals surface area contributed by atoms with Crippen molar-refractivity contribution in [1.82, 2.24) is 0 Å². The van der Waals surface area contributed by atoms with Crippen LogP contribution in [0.25, 0.3) is 0 Å². The van der Waals surface area contributed by atoms with Gasteiger partial charge in [-0.3, -0.25) is 4.79 Å². The van der Waals surface area contributed by atoms with E-state index in [0.717, 1.165) is 4.90 Å². The second-order valence-corrected chi connectivity index (χ2v) is 10.5. The number of hydrogen-bond acceptors (Lipinski definition) is 5. The average molecular weight is 887 g/mol. The third-order valence-electron chi connectivity index (χ3n) is 4.16. The van der Waals surface area contributed by atoms with E-state index in [2.05, 4.69) is 141 Å². The molecule has 0 aromatic heterocycles. The maximum Gasteiger partial charge on any atom is 1.00 e. The normalized spacial score (nSPS) is 8.46. The summed E-state index contributed by atoms with van der Waals surface area (Å²) in [6, 6.07) is 33.5. The number of benzene rings is 4. The van der Waals surface area contributed by atoms with Gasteiger partial charge in [0.2, 0.25) is 0 Å². The molecule has 0 fully saturated rings. The van der Waals surface area contributed by atoms with E-state index in [0.29, 0.717) is 0 Å². The molecular formula is C29H31CuI2K2O3S2. The summed E-state index contributed by atoms with van der Waals surface area (Å²) in [6.45, 7) is 8.34. The molecule has 39 heavy (non-hydrogen) atoms. The van der Waals surface area contributed by atoms with Gasteiger partial charge in [-0.25, -0.2) is 0 Å². The molecule has 0 amide bonds. The summed E-state index contributed by atoms with van der Waals surface area (Å²) in [5.74, 6) is 0. The van der Waals surface area contributed by atoms with E-state index in [1.807, 2.05) is 48.2 Å². The van der Waals surface area contributed by atoms with Crippen LogP contribution in [0.1, 0.15) is 23.7 Å². The van der Waals surface area contributed by atoms with Crippen molar-refractivity contribution in [2.45, 2.75) is 42.4 Å². The second-order valence-electron chi connectivity index (χ2n) is 7.57. The fourth-order valence-corrected chi connectivity index (χ4v) is 5.17. The van der Waals surface area contributed by atoms with Crippen molar-refractivity contribution >= 4 is 73.8 Å². The van der Waals surface area contributed by atoms with Crippen LogP contribution in [-0.2, 0) is 22.4 Å². The van der Waals surface area contributed by atoms with E-state index >= 15 is 0 Å². The number of carbonyl (C=O) groups is 1. The molecule has 10 heteroatoms. The zero-order chi connectivity index (χ0) is 28.1. The summed E-state index contributed by atoms with van der Waals surface area (Å²) in [4.78, 5) is 14.9. The van der Waals surface area contributed by atoms with E-state index in [4.69, 9.17) is 10.1 Å². The molecule has 4 rings (SSSR count). The van der Waals surface area contributed by atoms with Crippen molar-refractivity contribution in [3.63, 3.8) is 0 Å². The SMILES string of the molecule is Cc1cc(C)cc(I)c1.Cc1cc(C)cc(Sc2ccccc2)c1.O=CO[O-].Sc1ccccc1.[Cu][I].[H-].[K+].[K+]. The van der Waals surface area contributed by atoms with Gasteiger partial charge in [-0.15, -0.1) is 12.6 Å². The number of aryl methyl sites for hydroxylation is 4. The maximum atomic E-state index is 8.64. The van der Waals surface area contributed by atoms with E-state index in [1.165, 1.54) is 35.6 Å². The first-order valence-corrected chi connectivity index (χ1v) is 16.2. The van der Waals surface area contributed by atoms with Gasteiger partial charge in [0.05, 0.1) is 0 Å². The van der Waals surface area contributed by atoms with Crippen molar-refractivity contribution in [2.24, 2.45) is 0 Å². The van der Waals surface area contributed by atoms with Gasteiger partial charge in [-0.05, 0) is 121 Å². The molecule has 4 aromatic rings. The Morgan fingerprint density at radius 1 is 0.744 bits per heavy atom. The van der Waals surface area contributed by atoms with E-state index in [9.17, 15) is 0 Å². The number of halogens is 2. The smallest absolute Gasteiger partial charge is 1.00 e. The molecule has 0 radical (unpaired) electrons. The molecule has 204 valence electrons. The molecule has 0 aliphatic heterocycles. The third-order valence-corrected chi connectivity index (χ3v) is 6.06. The van der Waals surface area contributed by atoms with E-state index in [1.54, 1.807) is 20.3 Å². The Labute approximate surface area is 363 Å². The van der Waals surface area contributed by atoms with Crippen LogP contribution < -0.4 is 108 Å². The molecule has 0 heterocycles. The first-order chi connectivity index (χ1) is 17.7. The van der Waals surface area contributed by atoms with Gasteiger partial charge in [0.25, 0.3) is 6.47 Å². The van der Waals surface area contributed by atoms with Crippen LogP contribution in [0, 0.1) is 31.3 Å². The molecule has 0 unspecified atom stereocenters. The van der Waals surface area contributed by atoms with Crippen LogP contribution in [0.2, 0.25) is 0 Å². The fourth-order valence-electron chi connectivity index (χ4n) is 2.96. The largest absolute Gasteiger partial charge is 1.00 e. The topological polar surface area (TPSA) is 49.4 Å². The summed E-state index contributed by atoms with van der Waals surface area (Å²) in [6.07, 6.45) is 0.